The minimum atomic E-state index is -1.12. The monoisotopic (exact) mass is 153 g/mol. The van der Waals surface area contributed by atoms with Gasteiger partial charge in [0.05, 0.1) is 16.6 Å². The standard InChI is InChI=1S/C6H3NO2S/c8-6(9)2-1-5-3-7-4-10-5/h3-4H,(H,8,9). The Kier molecular flexibility index (Phi) is 2.03. The Balaban J connectivity index is 2.75. The van der Waals surface area contributed by atoms with Crippen LogP contribution in [0.5, 0.6) is 0 Å². The van der Waals surface area contributed by atoms with Crippen LogP contribution < -0.4 is 0 Å². The van der Waals surface area contributed by atoms with Crippen molar-refractivity contribution < 1.29 is 9.90 Å². The van der Waals surface area contributed by atoms with E-state index in [2.05, 4.69) is 10.9 Å². The minimum Gasteiger partial charge on any atom is -0.472 e. The van der Waals surface area contributed by atoms with Crippen LogP contribution >= 0.6 is 11.3 Å². The van der Waals surface area contributed by atoms with Gasteiger partial charge in [0.25, 0.3) is 0 Å². The number of aromatic nitrogens is 1. The van der Waals surface area contributed by atoms with Crippen LogP contribution in [0.15, 0.2) is 11.7 Å². The van der Waals surface area contributed by atoms with E-state index >= 15 is 0 Å². The van der Waals surface area contributed by atoms with Gasteiger partial charge >= 0.3 is 5.97 Å². The molecule has 0 saturated carbocycles. The van der Waals surface area contributed by atoms with E-state index in [1.54, 1.807) is 5.51 Å². The summed E-state index contributed by atoms with van der Waals surface area (Å²) >= 11 is 1.32. The molecule has 0 aliphatic carbocycles. The fourth-order valence-electron chi connectivity index (χ4n) is 0.393. The van der Waals surface area contributed by atoms with Gasteiger partial charge in [0, 0.05) is 5.92 Å². The molecule has 1 aromatic rings. The third-order valence-electron chi connectivity index (χ3n) is 0.725. The van der Waals surface area contributed by atoms with Crippen LogP contribution in [-0.4, -0.2) is 16.1 Å². The van der Waals surface area contributed by atoms with Gasteiger partial charge in [0.2, 0.25) is 0 Å². The van der Waals surface area contributed by atoms with Crippen molar-refractivity contribution in [3.05, 3.63) is 16.6 Å². The van der Waals surface area contributed by atoms with Gasteiger partial charge in [-0.1, -0.05) is 0 Å². The van der Waals surface area contributed by atoms with Gasteiger partial charge < -0.3 is 5.11 Å². The summed E-state index contributed by atoms with van der Waals surface area (Å²) < 4.78 is 0. The number of carbonyl (C=O) groups is 1. The van der Waals surface area contributed by atoms with Crippen LogP contribution in [0, 0.1) is 11.8 Å². The van der Waals surface area contributed by atoms with E-state index in [4.69, 9.17) is 5.11 Å². The molecule has 0 spiro atoms. The van der Waals surface area contributed by atoms with Gasteiger partial charge in [-0.25, -0.2) is 4.79 Å². The van der Waals surface area contributed by atoms with Gasteiger partial charge in [-0.2, -0.15) is 0 Å². The number of thiazole rings is 1. The number of hydrogen-bond acceptors (Lipinski definition) is 3. The molecule has 0 bridgehead atoms. The van der Waals surface area contributed by atoms with Crippen LogP contribution in [0.3, 0.4) is 0 Å². The van der Waals surface area contributed by atoms with Crippen LogP contribution in [0.4, 0.5) is 0 Å². The fraction of sp³-hybridized carbons (Fsp3) is 0. The molecule has 0 amide bonds. The number of nitrogens with zero attached hydrogens (tertiary/aromatic N) is 1. The van der Waals surface area contributed by atoms with Gasteiger partial charge in [-0.3, -0.25) is 4.98 Å². The second kappa shape index (κ2) is 2.99. The smallest absolute Gasteiger partial charge is 0.382 e. The average Bonchev–Trinajstić information content (AvgIpc) is 2.34. The fourth-order valence-corrected chi connectivity index (χ4v) is 0.860. The zero-order valence-corrected chi connectivity index (χ0v) is 5.68. The first-order valence-corrected chi connectivity index (χ1v) is 3.30. The Bertz CT molecular complexity index is 280. The molecule has 1 rings (SSSR count). The number of carboxylic acids is 1. The molecule has 0 aliphatic heterocycles. The van der Waals surface area contributed by atoms with Crippen molar-refractivity contribution in [1.29, 1.82) is 0 Å². The molecule has 1 heterocycles. The molecule has 0 saturated heterocycles. The molecule has 3 nitrogen and oxygen atoms in total. The van der Waals surface area contributed by atoms with Crippen LogP contribution in [0.25, 0.3) is 0 Å². The van der Waals surface area contributed by atoms with E-state index in [1.165, 1.54) is 17.5 Å². The maximum Gasteiger partial charge on any atom is 0.382 e. The van der Waals surface area contributed by atoms with Crippen LogP contribution in [-0.2, 0) is 4.79 Å². The molecule has 1 N–H and O–H groups in total. The number of aliphatic carboxylic acids is 1. The lowest BCUT2D eigenvalue weighted by Gasteiger charge is -1.71. The van der Waals surface area contributed by atoms with Gasteiger partial charge in [0.15, 0.2) is 0 Å². The molecule has 50 valence electrons. The molecule has 0 radical (unpaired) electrons. The Morgan fingerprint density at radius 2 is 2.60 bits per heavy atom. The lowest BCUT2D eigenvalue weighted by atomic mass is 10.5. The molecular weight excluding hydrogens is 150 g/mol. The van der Waals surface area contributed by atoms with Crippen molar-refractivity contribution in [2.75, 3.05) is 0 Å². The molecular formula is C6H3NO2S. The predicted octanol–water partition coefficient (Wildman–Crippen LogP) is 0.579. The van der Waals surface area contributed by atoms with Crippen molar-refractivity contribution in [2.24, 2.45) is 0 Å². The van der Waals surface area contributed by atoms with Crippen molar-refractivity contribution in [1.82, 2.24) is 4.98 Å². The van der Waals surface area contributed by atoms with Crippen molar-refractivity contribution in [3.8, 4) is 11.8 Å². The highest BCUT2D eigenvalue weighted by molar-refractivity contribution is 7.10. The molecule has 1 aromatic heterocycles. The third kappa shape index (κ3) is 1.88. The summed E-state index contributed by atoms with van der Waals surface area (Å²) in [6, 6.07) is 0. The lowest BCUT2D eigenvalue weighted by Crippen LogP contribution is -1.85. The zero-order chi connectivity index (χ0) is 7.40. The molecule has 0 fully saturated rings. The quantitative estimate of drug-likeness (QED) is 0.554. The number of hydrogen-bond donors (Lipinski definition) is 1. The zero-order valence-electron chi connectivity index (χ0n) is 4.87. The minimum absolute atomic E-state index is 0.669. The van der Waals surface area contributed by atoms with E-state index in [1.807, 2.05) is 5.92 Å². The Morgan fingerprint density at radius 1 is 1.80 bits per heavy atom. The number of carboxylic acid groups (broad SMARTS) is 1. The van der Waals surface area contributed by atoms with E-state index in [0.29, 0.717) is 4.88 Å². The topological polar surface area (TPSA) is 50.2 Å². The summed E-state index contributed by atoms with van der Waals surface area (Å²) in [5, 5.41) is 8.12. The maximum absolute atomic E-state index is 9.91. The summed E-state index contributed by atoms with van der Waals surface area (Å²) in [5.41, 5.74) is 1.60. The van der Waals surface area contributed by atoms with Gasteiger partial charge in [-0.15, -0.1) is 11.3 Å². The Morgan fingerprint density at radius 3 is 3.10 bits per heavy atom. The molecule has 4 heteroatoms. The van der Waals surface area contributed by atoms with E-state index in [-0.39, 0.29) is 0 Å². The first-order chi connectivity index (χ1) is 4.79. The van der Waals surface area contributed by atoms with Crippen LogP contribution in [0.2, 0.25) is 0 Å². The summed E-state index contributed by atoms with van der Waals surface area (Å²) in [5.74, 6) is 3.30. The second-order valence-electron chi connectivity index (χ2n) is 1.42. The normalized spacial score (nSPS) is 8.00. The number of rotatable bonds is 0. The highest BCUT2D eigenvalue weighted by Crippen LogP contribution is 2.01. The first kappa shape index (κ1) is 6.78. The lowest BCUT2D eigenvalue weighted by molar-refractivity contribution is -0.130. The molecule has 0 aliphatic rings. The first-order valence-electron chi connectivity index (χ1n) is 2.42. The van der Waals surface area contributed by atoms with Gasteiger partial charge in [-0.05, 0) is 5.92 Å². The second-order valence-corrected chi connectivity index (χ2v) is 2.31. The maximum atomic E-state index is 9.91. The molecule has 0 aromatic carbocycles. The van der Waals surface area contributed by atoms with Crippen molar-refractivity contribution >= 4 is 17.3 Å². The average molecular weight is 153 g/mol. The highest BCUT2D eigenvalue weighted by Gasteiger charge is 1.87. The van der Waals surface area contributed by atoms with E-state index < -0.39 is 5.97 Å². The Hall–Kier alpha value is -1.34. The summed E-state index contributed by atoms with van der Waals surface area (Å²) in [6.45, 7) is 0. The summed E-state index contributed by atoms with van der Waals surface area (Å²) in [6.07, 6.45) is 1.53. The highest BCUT2D eigenvalue weighted by atomic mass is 32.1. The van der Waals surface area contributed by atoms with E-state index in [9.17, 15) is 4.79 Å². The summed E-state index contributed by atoms with van der Waals surface area (Å²) in [7, 11) is 0. The van der Waals surface area contributed by atoms with E-state index in [0.717, 1.165) is 0 Å². The Labute approximate surface area is 61.3 Å². The largest absolute Gasteiger partial charge is 0.472 e. The third-order valence-corrected chi connectivity index (χ3v) is 1.41. The molecule has 0 atom stereocenters. The molecule has 0 unspecified atom stereocenters. The van der Waals surface area contributed by atoms with Crippen molar-refractivity contribution in [3.63, 3.8) is 0 Å². The summed E-state index contributed by atoms with van der Waals surface area (Å²) in [4.78, 5) is 14.3. The predicted molar refractivity (Wildman–Crippen MR) is 36.6 cm³/mol. The SMILES string of the molecule is O=C(O)C#Cc1cncs1. The van der Waals surface area contributed by atoms with Gasteiger partial charge in [0.1, 0.15) is 0 Å². The van der Waals surface area contributed by atoms with Crippen molar-refractivity contribution in [2.45, 2.75) is 0 Å². The van der Waals surface area contributed by atoms with Crippen LogP contribution in [0.1, 0.15) is 4.88 Å². The molecule has 10 heavy (non-hydrogen) atoms.